The van der Waals surface area contributed by atoms with E-state index < -0.39 is 0 Å². The van der Waals surface area contributed by atoms with E-state index in [1.165, 1.54) is 0 Å². The molecule has 0 bridgehead atoms. The second-order valence-electron chi connectivity index (χ2n) is 6.20. The highest BCUT2D eigenvalue weighted by atomic mass is 35.5. The number of hydrogen-bond acceptors (Lipinski definition) is 3. The van der Waals surface area contributed by atoms with Gasteiger partial charge >= 0.3 is 0 Å². The van der Waals surface area contributed by atoms with Crippen LogP contribution in [-0.4, -0.2) is 21.5 Å². The first-order valence-electron chi connectivity index (χ1n) is 8.70. The van der Waals surface area contributed by atoms with Crippen molar-refractivity contribution >= 4 is 23.3 Å². The van der Waals surface area contributed by atoms with Crippen LogP contribution in [0.4, 0.5) is 0 Å². The maximum Gasteiger partial charge on any atom is 0.252 e. The van der Waals surface area contributed by atoms with Crippen LogP contribution in [0.25, 0.3) is 0 Å². The average Bonchev–Trinajstić information content (AvgIpc) is 3.06. The van der Waals surface area contributed by atoms with Crippen LogP contribution in [0.1, 0.15) is 44.5 Å². The minimum Gasteiger partial charge on any atom is -0.346 e. The third-order valence-electron chi connectivity index (χ3n) is 4.26. The molecule has 0 atom stereocenters. The Hall–Kier alpha value is -2.92. The van der Waals surface area contributed by atoms with Gasteiger partial charge in [-0.15, -0.1) is 0 Å². The predicted molar refractivity (Wildman–Crippen MR) is 105 cm³/mol. The second-order valence-corrected chi connectivity index (χ2v) is 6.61. The fraction of sp³-hybridized carbons (Fsp3) is 0.190. The highest BCUT2D eigenvalue weighted by Gasteiger charge is 2.18. The van der Waals surface area contributed by atoms with E-state index in [0.29, 0.717) is 34.0 Å². The van der Waals surface area contributed by atoms with Gasteiger partial charge < -0.3 is 5.32 Å². The van der Waals surface area contributed by atoms with Crippen LogP contribution in [0.2, 0.25) is 5.02 Å². The Bertz CT molecular complexity index is 977. The molecule has 0 unspecified atom stereocenters. The number of benzene rings is 2. The molecule has 1 amide bonds. The second kappa shape index (κ2) is 8.18. The number of carbonyl (C=O) groups excluding carboxylic acids is 2. The molecule has 5 nitrogen and oxygen atoms in total. The maximum absolute atomic E-state index is 12.8. The molecular weight excluding hydrogens is 362 g/mol. The van der Waals surface area contributed by atoms with Crippen molar-refractivity contribution in [1.29, 1.82) is 0 Å². The molecule has 0 spiro atoms. The normalized spacial score (nSPS) is 10.6. The fourth-order valence-electron chi connectivity index (χ4n) is 2.72. The molecular formula is C21H20ClN3O2. The van der Waals surface area contributed by atoms with Crippen molar-refractivity contribution < 1.29 is 9.59 Å². The molecule has 3 aromatic rings. The summed E-state index contributed by atoms with van der Waals surface area (Å²) >= 11 is 6.14. The van der Waals surface area contributed by atoms with Crippen LogP contribution in [-0.2, 0) is 13.1 Å². The topological polar surface area (TPSA) is 64.0 Å². The maximum atomic E-state index is 12.8. The standard InChI is InChI=1S/C21H20ClN3O2/c1-3-25-13-18(22)19(24-25)12-23-21(27)17-7-5-4-6-16(17)20(26)15-10-8-14(2)9-11-15/h4-11,13H,3,12H2,1-2H3,(H,23,27). The first-order valence-corrected chi connectivity index (χ1v) is 9.07. The van der Waals surface area contributed by atoms with Gasteiger partial charge in [0.1, 0.15) is 5.69 Å². The summed E-state index contributed by atoms with van der Waals surface area (Å²) in [6, 6.07) is 14.1. The van der Waals surface area contributed by atoms with Crippen LogP contribution in [0, 0.1) is 6.92 Å². The van der Waals surface area contributed by atoms with Gasteiger partial charge in [0.15, 0.2) is 5.78 Å². The van der Waals surface area contributed by atoms with Crippen LogP contribution < -0.4 is 5.32 Å². The number of halogens is 1. The molecule has 1 N–H and O–H groups in total. The number of carbonyl (C=O) groups is 2. The lowest BCUT2D eigenvalue weighted by Crippen LogP contribution is -2.25. The number of nitrogens with one attached hydrogen (secondary N) is 1. The summed E-state index contributed by atoms with van der Waals surface area (Å²) in [5, 5.41) is 7.61. The van der Waals surface area contributed by atoms with E-state index in [1.54, 1.807) is 47.3 Å². The molecule has 0 aliphatic rings. The van der Waals surface area contributed by atoms with Crippen LogP contribution in [0.5, 0.6) is 0 Å². The van der Waals surface area contributed by atoms with E-state index in [2.05, 4.69) is 10.4 Å². The van der Waals surface area contributed by atoms with Crippen LogP contribution in [0.15, 0.2) is 54.7 Å². The van der Waals surface area contributed by atoms with E-state index in [0.717, 1.165) is 5.56 Å². The molecule has 0 aliphatic carbocycles. The van der Waals surface area contributed by atoms with E-state index in [4.69, 9.17) is 11.6 Å². The van der Waals surface area contributed by atoms with Gasteiger partial charge in [0.2, 0.25) is 0 Å². The quantitative estimate of drug-likeness (QED) is 0.656. The van der Waals surface area contributed by atoms with Crippen LogP contribution >= 0.6 is 11.6 Å². The van der Waals surface area contributed by atoms with E-state index >= 15 is 0 Å². The van der Waals surface area contributed by atoms with Crippen LogP contribution in [0.3, 0.4) is 0 Å². The zero-order valence-electron chi connectivity index (χ0n) is 15.2. The summed E-state index contributed by atoms with van der Waals surface area (Å²) in [7, 11) is 0. The van der Waals surface area contributed by atoms with Crippen molar-refractivity contribution in [2.75, 3.05) is 0 Å². The Morgan fingerprint density at radius 2 is 1.74 bits per heavy atom. The Kier molecular flexibility index (Phi) is 5.72. The van der Waals surface area contributed by atoms with Crippen molar-refractivity contribution in [2.24, 2.45) is 0 Å². The monoisotopic (exact) mass is 381 g/mol. The van der Waals surface area contributed by atoms with E-state index in [9.17, 15) is 9.59 Å². The van der Waals surface area contributed by atoms with E-state index in [-0.39, 0.29) is 18.2 Å². The van der Waals surface area contributed by atoms with E-state index in [1.807, 2.05) is 26.0 Å². The average molecular weight is 382 g/mol. The Labute approximate surface area is 163 Å². The third kappa shape index (κ3) is 4.26. The van der Waals surface area contributed by atoms with Crippen molar-refractivity contribution in [2.45, 2.75) is 26.9 Å². The first kappa shape index (κ1) is 18.9. The van der Waals surface area contributed by atoms with Gasteiger partial charge in [-0.1, -0.05) is 59.6 Å². The molecule has 1 aromatic heterocycles. The zero-order chi connectivity index (χ0) is 19.4. The summed E-state index contributed by atoms with van der Waals surface area (Å²) in [6.07, 6.45) is 1.72. The molecule has 0 radical (unpaired) electrons. The molecule has 0 saturated carbocycles. The lowest BCUT2D eigenvalue weighted by molar-refractivity contribution is 0.0939. The molecule has 1 heterocycles. The predicted octanol–water partition coefficient (Wildman–Crippen LogP) is 4.03. The van der Waals surface area contributed by atoms with Crippen molar-refractivity contribution in [3.05, 3.63) is 87.7 Å². The Balaban J connectivity index is 1.80. The molecule has 2 aromatic carbocycles. The Morgan fingerprint density at radius 1 is 1.07 bits per heavy atom. The Morgan fingerprint density at radius 3 is 2.37 bits per heavy atom. The van der Waals surface area contributed by atoms with Gasteiger partial charge in [-0.25, -0.2) is 0 Å². The van der Waals surface area contributed by atoms with Crippen molar-refractivity contribution in [3.8, 4) is 0 Å². The van der Waals surface area contributed by atoms with Gasteiger partial charge in [-0.2, -0.15) is 5.10 Å². The summed E-state index contributed by atoms with van der Waals surface area (Å²) < 4.78 is 1.71. The van der Waals surface area contributed by atoms with Crippen molar-refractivity contribution in [1.82, 2.24) is 15.1 Å². The highest BCUT2D eigenvalue weighted by Crippen LogP contribution is 2.17. The SMILES string of the molecule is CCn1cc(Cl)c(CNC(=O)c2ccccc2C(=O)c2ccc(C)cc2)n1. The number of amides is 1. The minimum absolute atomic E-state index is 0.186. The fourth-order valence-corrected chi connectivity index (χ4v) is 2.93. The molecule has 3 rings (SSSR count). The molecule has 0 fully saturated rings. The largest absolute Gasteiger partial charge is 0.346 e. The van der Waals surface area contributed by atoms with Gasteiger partial charge in [0.05, 0.1) is 17.1 Å². The summed E-state index contributed by atoms with van der Waals surface area (Å²) in [5.41, 5.74) is 2.90. The molecule has 138 valence electrons. The van der Waals surface area contributed by atoms with Gasteiger partial charge in [0.25, 0.3) is 5.91 Å². The molecule has 0 aliphatic heterocycles. The number of ketones is 1. The van der Waals surface area contributed by atoms with Gasteiger partial charge in [-0.3, -0.25) is 14.3 Å². The summed E-state index contributed by atoms with van der Waals surface area (Å²) in [4.78, 5) is 25.5. The number of nitrogens with zero attached hydrogens (tertiary/aromatic N) is 2. The molecule has 0 saturated heterocycles. The molecule has 6 heteroatoms. The summed E-state index contributed by atoms with van der Waals surface area (Å²) in [6.45, 7) is 4.80. The van der Waals surface area contributed by atoms with Crippen molar-refractivity contribution in [3.63, 3.8) is 0 Å². The zero-order valence-corrected chi connectivity index (χ0v) is 16.0. The number of rotatable bonds is 6. The minimum atomic E-state index is -0.340. The third-order valence-corrected chi connectivity index (χ3v) is 4.57. The first-order chi connectivity index (χ1) is 13.0. The lowest BCUT2D eigenvalue weighted by Gasteiger charge is -2.09. The summed E-state index contributed by atoms with van der Waals surface area (Å²) in [5.74, 6) is -0.526. The number of aromatic nitrogens is 2. The smallest absolute Gasteiger partial charge is 0.252 e. The number of aryl methyl sites for hydroxylation is 2. The van der Waals surface area contributed by atoms with Gasteiger partial charge in [0, 0.05) is 23.9 Å². The highest BCUT2D eigenvalue weighted by molar-refractivity contribution is 6.31. The number of hydrogen-bond donors (Lipinski definition) is 1. The molecule has 27 heavy (non-hydrogen) atoms. The van der Waals surface area contributed by atoms with Gasteiger partial charge in [-0.05, 0) is 19.9 Å². The lowest BCUT2D eigenvalue weighted by atomic mass is 9.97.